The Morgan fingerprint density at radius 2 is 2.15 bits per heavy atom. The molecule has 0 aliphatic carbocycles. The van der Waals surface area contributed by atoms with Gasteiger partial charge in [0.1, 0.15) is 0 Å². The maximum Gasteiger partial charge on any atom is 0.220 e. The molecular weight excluding hydrogens is 274 g/mol. The number of hydrogen-bond donors (Lipinski definition) is 2. The molecule has 1 amide bonds. The maximum absolute atomic E-state index is 12.0. The van der Waals surface area contributed by atoms with Crippen molar-refractivity contribution in [3.8, 4) is 0 Å². The lowest BCUT2D eigenvalue weighted by molar-refractivity contribution is -0.123. The fraction of sp³-hybridized carbons (Fsp3) is 0.562. The van der Waals surface area contributed by atoms with Gasteiger partial charge in [0.25, 0.3) is 0 Å². The lowest BCUT2D eigenvalue weighted by Gasteiger charge is -2.29. The zero-order chi connectivity index (χ0) is 15.2. The number of aryl methyl sites for hydroxylation is 2. The Kier molecular flexibility index (Phi) is 6.50. The number of benzene rings is 1. The highest BCUT2D eigenvalue weighted by molar-refractivity contribution is 6.31. The Morgan fingerprint density at radius 1 is 1.45 bits per heavy atom. The van der Waals surface area contributed by atoms with Crippen molar-refractivity contribution in [1.29, 1.82) is 0 Å². The number of amides is 1. The van der Waals surface area contributed by atoms with Crippen LogP contribution >= 0.6 is 11.6 Å². The molecule has 4 heteroatoms. The summed E-state index contributed by atoms with van der Waals surface area (Å²) in [5.41, 5.74) is 1.79. The molecule has 1 aromatic rings. The summed E-state index contributed by atoms with van der Waals surface area (Å²) in [6.45, 7) is 6.01. The summed E-state index contributed by atoms with van der Waals surface area (Å²) in [5, 5.41) is 12.8. The van der Waals surface area contributed by atoms with Crippen LogP contribution in [0.25, 0.3) is 0 Å². The number of hydrogen-bond acceptors (Lipinski definition) is 2. The van der Waals surface area contributed by atoms with Gasteiger partial charge in [-0.2, -0.15) is 0 Å². The summed E-state index contributed by atoms with van der Waals surface area (Å²) in [6.07, 6.45) is 2.48. The fourth-order valence-corrected chi connectivity index (χ4v) is 2.23. The van der Waals surface area contributed by atoms with Gasteiger partial charge in [-0.25, -0.2) is 0 Å². The molecule has 2 N–H and O–H groups in total. The zero-order valence-corrected chi connectivity index (χ0v) is 13.3. The van der Waals surface area contributed by atoms with Gasteiger partial charge < -0.3 is 10.4 Å². The van der Waals surface area contributed by atoms with E-state index in [1.807, 2.05) is 39.0 Å². The standard InChI is InChI=1S/C16H24ClNO2/c1-4-16(3,9-10-19)18-15(20)8-7-13-6-5-12(2)14(17)11-13/h5-6,11,19H,4,7-10H2,1-3H3,(H,18,20). The number of nitrogens with one attached hydrogen (secondary N) is 1. The first-order chi connectivity index (χ1) is 9.40. The van der Waals surface area contributed by atoms with Crippen LogP contribution in [-0.4, -0.2) is 23.2 Å². The lowest BCUT2D eigenvalue weighted by Crippen LogP contribution is -2.46. The van der Waals surface area contributed by atoms with Gasteiger partial charge in [-0.15, -0.1) is 0 Å². The smallest absolute Gasteiger partial charge is 0.220 e. The molecular formula is C16H24ClNO2. The van der Waals surface area contributed by atoms with Gasteiger partial charge in [0.15, 0.2) is 0 Å². The van der Waals surface area contributed by atoms with Gasteiger partial charge in [0, 0.05) is 23.6 Å². The normalized spacial score (nSPS) is 13.8. The van der Waals surface area contributed by atoms with Crippen LogP contribution in [0.5, 0.6) is 0 Å². The van der Waals surface area contributed by atoms with E-state index in [0.29, 0.717) is 19.3 Å². The third-order valence-corrected chi connectivity index (χ3v) is 4.17. The number of halogens is 1. The Balaban J connectivity index is 2.52. The van der Waals surface area contributed by atoms with Crippen molar-refractivity contribution in [2.45, 2.75) is 52.0 Å². The molecule has 0 heterocycles. The summed E-state index contributed by atoms with van der Waals surface area (Å²) < 4.78 is 0. The minimum atomic E-state index is -0.323. The van der Waals surface area contributed by atoms with Crippen LogP contribution in [0.15, 0.2) is 18.2 Å². The van der Waals surface area contributed by atoms with Gasteiger partial charge in [0.05, 0.1) is 0 Å². The molecule has 0 aliphatic rings. The molecule has 1 rings (SSSR count). The predicted molar refractivity (Wildman–Crippen MR) is 83.1 cm³/mol. The van der Waals surface area contributed by atoms with E-state index in [0.717, 1.165) is 22.6 Å². The molecule has 1 atom stereocenters. The lowest BCUT2D eigenvalue weighted by atomic mass is 9.94. The molecule has 0 saturated carbocycles. The van der Waals surface area contributed by atoms with E-state index in [2.05, 4.69) is 5.32 Å². The molecule has 3 nitrogen and oxygen atoms in total. The third-order valence-electron chi connectivity index (χ3n) is 3.76. The van der Waals surface area contributed by atoms with E-state index in [-0.39, 0.29) is 18.1 Å². The molecule has 0 aliphatic heterocycles. The minimum Gasteiger partial charge on any atom is -0.396 e. The van der Waals surface area contributed by atoms with Gasteiger partial charge in [-0.05, 0) is 50.3 Å². The highest BCUT2D eigenvalue weighted by Gasteiger charge is 2.23. The number of rotatable bonds is 7. The largest absolute Gasteiger partial charge is 0.396 e. The highest BCUT2D eigenvalue weighted by Crippen LogP contribution is 2.18. The summed E-state index contributed by atoms with van der Waals surface area (Å²) in [5.74, 6) is 0.0134. The first kappa shape index (κ1) is 17.0. The summed E-state index contributed by atoms with van der Waals surface area (Å²) >= 11 is 6.07. The van der Waals surface area contributed by atoms with E-state index >= 15 is 0 Å². The van der Waals surface area contributed by atoms with E-state index in [1.54, 1.807) is 0 Å². The van der Waals surface area contributed by atoms with Crippen LogP contribution in [0.2, 0.25) is 5.02 Å². The second-order valence-electron chi connectivity index (χ2n) is 5.52. The first-order valence-electron chi connectivity index (χ1n) is 7.07. The Labute approximate surface area is 126 Å². The van der Waals surface area contributed by atoms with Crippen molar-refractivity contribution in [2.24, 2.45) is 0 Å². The van der Waals surface area contributed by atoms with Crippen LogP contribution in [0.3, 0.4) is 0 Å². The van der Waals surface area contributed by atoms with E-state index in [4.69, 9.17) is 16.7 Å². The van der Waals surface area contributed by atoms with Crippen LogP contribution in [0, 0.1) is 6.92 Å². The molecule has 0 bridgehead atoms. The summed E-state index contributed by atoms with van der Waals surface area (Å²) in [7, 11) is 0. The predicted octanol–water partition coefficient (Wildman–Crippen LogP) is 3.25. The van der Waals surface area contributed by atoms with Crippen molar-refractivity contribution in [3.63, 3.8) is 0 Å². The average molecular weight is 298 g/mol. The van der Waals surface area contributed by atoms with Crippen LogP contribution in [-0.2, 0) is 11.2 Å². The Bertz CT molecular complexity index is 462. The van der Waals surface area contributed by atoms with Crippen molar-refractivity contribution in [3.05, 3.63) is 34.3 Å². The quantitative estimate of drug-likeness (QED) is 0.811. The number of carbonyl (C=O) groups is 1. The van der Waals surface area contributed by atoms with Crippen LogP contribution < -0.4 is 5.32 Å². The van der Waals surface area contributed by atoms with Crippen molar-refractivity contribution in [2.75, 3.05) is 6.61 Å². The molecule has 1 aromatic carbocycles. The van der Waals surface area contributed by atoms with E-state index in [9.17, 15) is 4.79 Å². The summed E-state index contributed by atoms with van der Waals surface area (Å²) in [6, 6.07) is 5.88. The van der Waals surface area contributed by atoms with Gasteiger partial charge in [0.2, 0.25) is 5.91 Å². The van der Waals surface area contributed by atoms with E-state index < -0.39 is 0 Å². The average Bonchev–Trinajstić information content (AvgIpc) is 2.40. The molecule has 0 spiro atoms. The monoisotopic (exact) mass is 297 g/mol. The Morgan fingerprint density at radius 3 is 2.70 bits per heavy atom. The molecule has 1 unspecified atom stereocenters. The molecule has 0 radical (unpaired) electrons. The van der Waals surface area contributed by atoms with Gasteiger partial charge in [-0.1, -0.05) is 30.7 Å². The van der Waals surface area contributed by atoms with Crippen LogP contribution in [0.4, 0.5) is 0 Å². The number of aliphatic hydroxyl groups excluding tert-OH is 1. The zero-order valence-electron chi connectivity index (χ0n) is 12.5. The fourth-order valence-electron chi connectivity index (χ4n) is 2.02. The molecule has 20 heavy (non-hydrogen) atoms. The van der Waals surface area contributed by atoms with Crippen LogP contribution in [0.1, 0.15) is 44.2 Å². The SMILES string of the molecule is CCC(C)(CCO)NC(=O)CCc1ccc(C)c(Cl)c1. The van der Waals surface area contributed by atoms with Crippen molar-refractivity contribution >= 4 is 17.5 Å². The van der Waals surface area contributed by atoms with Crippen molar-refractivity contribution < 1.29 is 9.90 Å². The van der Waals surface area contributed by atoms with Crippen molar-refractivity contribution in [1.82, 2.24) is 5.32 Å². The maximum atomic E-state index is 12.0. The molecule has 0 aromatic heterocycles. The molecule has 0 saturated heterocycles. The Hall–Kier alpha value is -1.06. The third kappa shape index (κ3) is 5.14. The first-order valence-corrected chi connectivity index (χ1v) is 7.45. The second kappa shape index (κ2) is 7.65. The topological polar surface area (TPSA) is 49.3 Å². The highest BCUT2D eigenvalue weighted by atomic mass is 35.5. The van der Waals surface area contributed by atoms with Gasteiger partial charge >= 0.3 is 0 Å². The van der Waals surface area contributed by atoms with Gasteiger partial charge in [-0.3, -0.25) is 4.79 Å². The molecule has 0 fully saturated rings. The minimum absolute atomic E-state index is 0.0134. The summed E-state index contributed by atoms with van der Waals surface area (Å²) in [4.78, 5) is 12.0. The van der Waals surface area contributed by atoms with E-state index in [1.165, 1.54) is 0 Å². The number of carbonyl (C=O) groups excluding carboxylic acids is 1. The number of aliphatic hydroxyl groups is 1. The second-order valence-corrected chi connectivity index (χ2v) is 5.93. The molecule has 112 valence electrons.